The van der Waals surface area contributed by atoms with E-state index in [0.29, 0.717) is 25.5 Å². The van der Waals surface area contributed by atoms with Crippen LogP contribution in [0.3, 0.4) is 0 Å². The number of benzene rings is 1. The van der Waals surface area contributed by atoms with Gasteiger partial charge >= 0.3 is 0 Å². The molecule has 104 valence electrons. The molecule has 1 fully saturated rings. The molecule has 1 saturated heterocycles. The predicted octanol–water partition coefficient (Wildman–Crippen LogP) is 1.55. The maximum absolute atomic E-state index is 11.8. The van der Waals surface area contributed by atoms with Crippen LogP contribution in [-0.4, -0.2) is 38.7 Å². The van der Waals surface area contributed by atoms with Crippen molar-refractivity contribution < 1.29 is 17.9 Å². The van der Waals surface area contributed by atoms with Crippen LogP contribution in [0.15, 0.2) is 18.2 Å². The molecule has 0 aromatic heterocycles. The van der Waals surface area contributed by atoms with Crippen LogP contribution < -0.4 is 9.47 Å². The molecule has 2 aliphatic rings. The van der Waals surface area contributed by atoms with Crippen molar-refractivity contribution in [1.82, 2.24) is 4.31 Å². The lowest BCUT2D eigenvalue weighted by Gasteiger charge is -2.24. The zero-order chi connectivity index (χ0) is 13.5. The summed E-state index contributed by atoms with van der Waals surface area (Å²) in [5, 5.41) is 0. The highest BCUT2D eigenvalue weighted by Gasteiger charge is 2.33. The van der Waals surface area contributed by atoms with Crippen LogP contribution in [0.2, 0.25) is 0 Å². The largest absolute Gasteiger partial charge is 0.486 e. The van der Waals surface area contributed by atoms with Crippen molar-refractivity contribution in [3.05, 3.63) is 23.8 Å². The average Bonchev–Trinajstić information content (AvgIpc) is 2.87. The minimum atomic E-state index is -3.16. The number of hydrogen-bond donors (Lipinski definition) is 0. The summed E-state index contributed by atoms with van der Waals surface area (Å²) in [7, 11) is -3.16. The van der Waals surface area contributed by atoms with Crippen molar-refractivity contribution in [3.8, 4) is 11.5 Å². The molecule has 1 atom stereocenters. The molecule has 0 spiro atoms. The van der Waals surface area contributed by atoms with Gasteiger partial charge in [-0.2, -0.15) is 4.31 Å². The Bertz CT molecular complexity index is 584. The van der Waals surface area contributed by atoms with Crippen LogP contribution in [0, 0.1) is 0 Å². The minimum Gasteiger partial charge on any atom is -0.486 e. The first-order valence-electron chi connectivity index (χ1n) is 6.42. The van der Waals surface area contributed by atoms with Crippen LogP contribution in [0.1, 0.15) is 24.4 Å². The van der Waals surface area contributed by atoms with Gasteiger partial charge < -0.3 is 9.47 Å². The molecular formula is C13H17NO4S. The van der Waals surface area contributed by atoms with Gasteiger partial charge in [-0.3, -0.25) is 0 Å². The molecule has 0 amide bonds. The topological polar surface area (TPSA) is 55.8 Å². The second kappa shape index (κ2) is 4.68. The molecular weight excluding hydrogens is 266 g/mol. The van der Waals surface area contributed by atoms with Crippen molar-refractivity contribution in [2.24, 2.45) is 0 Å². The highest BCUT2D eigenvalue weighted by Crippen LogP contribution is 2.38. The van der Waals surface area contributed by atoms with E-state index in [1.165, 1.54) is 6.26 Å². The maximum Gasteiger partial charge on any atom is 0.211 e. The van der Waals surface area contributed by atoms with Crippen LogP contribution >= 0.6 is 0 Å². The highest BCUT2D eigenvalue weighted by atomic mass is 32.2. The van der Waals surface area contributed by atoms with Crippen LogP contribution in [0.25, 0.3) is 0 Å². The summed E-state index contributed by atoms with van der Waals surface area (Å²) in [5.74, 6) is 1.45. The van der Waals surface area contributed by atoms with E-state index in [9.17, 15) is 8.42 Å². The smallest absolute Gasteiger partial charge is 0.211 e. The Morgan fingerprint density at radius 1 is 1.21 bits per heavy atom. The quantitative estimate of drug-likeness (QED) is 0.826. The molecule has 0 radical (unpaired) electrons. The Balaban J connectivity index is 1.93. The molecule has 5 nitrogen and oxygen atoms in total. The third-order valence-corrected chi connectivity index (χ3v) is 4.87. The van der Waals surface area contributed by atoms with Crippen molar-refractivity contribution in [2.45, 2.75) is 18.9 Å². The van der Waals surface area contributed by atoms with Gasteiger partial charge in [-0.1, -0.05) is 6.07 Å². The van der Waals surface area contributed by atoms with E-state index in [0.717, 1.165) is 24.2 Å². The second-order valence-corrected chi connectivity index (χ2v) is 6.87. The van der Waals surface area contributed by atoms with Crippen LogP contribution in [-0.2, 0) is 10.0 Å². The molecule has 2 aliphatic heterocycles. The van der Waals surface area contributed by atoms with Gasteiger partial charge in [-0.05, 0) is 30.5 Å². The standard InChI is InChI=1S/C13H17NO4S/c1-19(15,16)14-6-2-3-11(14)10-4-5-12-13(9-10)18-8-7-17-12/h4-5,9,11H,2-3,6-8H2,1H3/t11-/m0/s1. The van der Waals surface area contributed by atoms with Gasteiger partial charge in [-0.15, -0.1) is 0 Å². The highest BCUT2D eigenvalue weighted by molar-refractivity contribution is 7.88. The molecule has 0 N–H and O–H groups in total. The van der Waals surface area contributed by atoms with E-state index in [2.05, 4.69) is 0 Å². The summed E-state index contributed by atoms with van der Waals surface area (Å²) in [6.07, 6.45) is 3.02. The SMILES string of the molecule is CS(=O)(=O)N1CCC[C@H]1c1ccc2c(c1)OCCO2. The number of rotatable bonds is 2. The third-order valence-electron chi connectivity index (χ3n) is 3.58. The molecule has 0 saturated carbocycles. The fourth-order valence-corrected chi connectivity index (χ4v) is 3.89. The second-order valence-electron chi connectivity index (χ2n) is 4.93. The van der Waals surface area contributed by atoms with Crippen molar-refractivity contribution in [2.75, 3.05) is 26.0 Å². The Labute approximate surface area is 113 Å². The first-order valence-corrected chi connectivity index (χ1v) is 8.27. The summed E-state index contributed by atoms with van der Waals surface area (Å²) < 4.78 is 36.1. The Morgan fingerprint density at radius 3 is 2.68 bits per heavy atom. The number of hydrogen-bond acceptors (Lipinski definition) is 4. The molecule has 0 unspecified atom stereocenters. The molecule has 2 heterocycles. The summed E-state index contributed by atoms with van der Waals surface area (Å²) in [5.41, 5.74) is 0.979. The number of nitrogens with zero attached hydrogens (tertiary/aromatic N) is 1. The Kier molecular flexibility index (Phi) is 3.14. The van der Waals surface area contributed by atoms with Gasteiger partial charge in [0.25, 0.3) is 0 Å². The van der Waals surface area contributed by atoms with E-state index < -0.39 is 10.0 Å². The molecule has 0 aliphatic carbocycles. The van der Waals surface area contributed by atoms with Crippen LogP contribution in [0.5, 0.6) is 11.5 Å². The molecule has 0 bridgehead atoms. The van der Waals surface area contributed by atoms with E-state index in [4.69, 9.17) is 9.47 Å². The third kappa shape index (κ3) is 2.42. The van der Waals surface area contributed by atoms with Crippen molar-refractivity contribution >= 4 is 10.0 Å². The lowest BCUT2D eigenvalue weighted by molar-refractivity contribution is 0.171. The van der Waals surface area contributed by atoms with Crippen LogP contribution in [0.4, 0.5) is 0 Å². The Morgan fingerprint density at radius 2 is 1.95 bits per heavy atom. The normalized spacial score (nSPS) is 23.5. The van der Waals surface area contributed by atoms with Gasteiger partial charge in [0, 0.05) is 12.6 Å². The summed E-state index contributed by atoms with van der Waals surface area (Å²) in [6.45, 7) is 1.69. The first-order chi connectivity index (χ1) is 9.05. The van der Waals surface area contributed by atoms with E-state index in [1.54, 1.807) is 4.31 Å². The van der Waals surface area contributed by atoms with E-state index in [-0.39, 0.29) is 6.04 Å². The molecule has 19 heavy (non-hydrogen) atoms. The van der Waals surface area contributed by atoms with Gasteiger partial charge in [-0.25, -0.2) is 8.42 Å². The molecule has 3 rings (SSSR count). The fourth-order valence-electron chi connectivity index (χ4n) is 2.74. The lowest BCUT2D eigenvalue weighted by Crippen LogP contribution is -2.29. The zero-order valence-electron chi connectivity index (χ0n) is 10.8. The van der Waals surface area contributed by atoms with Gasteiger partial charge in [0.1, 0.15) is 13.2 Å². The minimum absolute atomic E-state index is 0.0779. The van der Waals surface area contributed by atoms with Gasteiger partial charge in [0.05, 0.1) is 6.26 Å². The lowest BCUT2D eigenvalue weighted by atomic mass is 10.0. The van der Waals surface area contributed by atoms with Gasteiger partial charge in [0.15, 0.2) is 11.5 Å². The molecule has 1 aromatic rings. The molecule has 1 aromatic carbocycles. The summed E-state index contributed by atoms with van der Waals surface area (Å²) in [4.78, 5) is 0. The average molecular weight is 283 g/mol. The number of ether oxygens (including phenoxy) is 2. The monoisotopic (exact) mass is 283 g/mol. The fraction of sp³-hybridized carbons (Fsp3) is 0.538. The summed E-state index contributed by atoms with van der Waals surface area (Å²) >= 11 is 0. The van der Waals surface area contributed by atoms with Gasteiger partial charge in [0.2, 0.25) is 10.0 Å². The number of sulfonamides is 1. The summed E-state index contributed by atoms with van der Waals surface area (Å²) in [6, 6.07) is 5.62. The Hall–Kier alpha value is -1.27. The van der Waals surface area contributed by atoms with Crippen molar-refractivity contribution in [3.63, 3.8) is 0 Å². The van der Waals surface area contributed by atoms with Crippen molar-refractivity contribution in [1.29, 1.82) is 0 Å². The van der Waals surface area contributed by atoms with E-state index >= 15 is 0 Å². The zero-order valence-corrected chi connectivity index (χ0v) is 11.6. The van der Waals surface area contributed by atoms with E-state index in [1.807, 2.05) is 18.2 Å². The maximum atomic E-state index is 11.8. The predicted molar refractivity (Wildman–Crippen MR) is 71.0 cm³/mol. The molecule has 6 heteroatoms. The number of fused-ring (bicyclic) bond motifs is 1. The first kappa shape index (κ1) is 12.7.